The van der Waals surface area contributed by atoms with Crippen LogP contribution in [-0.4, -0.2) is 24.9 Å². The van der Waals surface area contributed by atoms with Crippen molar-refractivity contribution < 1.29 is 23.8 Å². The summed E-state index contributed by atoms with van der Waals surface area (Å²) in [6.07, 6.45) is -1.09. The predicted octanol–water partition coefficient (Wildman–Crippen LogP) is 3.79. The van der Waals surface area contributed by atoms with Crippen LogP contribution in [0.2, 0.25) is 5.02 Å². The van der Waals surface area contributed by atoms with E-state index in [0.717, 1.165) is 0 Å². The molecule has 0 aliphatic heterocycles. The molecule has 0 aliphatic rings. The Bertz CT molecular complexity index is 690. The first-order chi connectivity index (χ1) is 12.1. The van der Waals surface area contributed by atoms with Crippen molar-refractivity contribution in [3.63, 3.8) is 0 Å². The summed E-state index contributed by atoms with van der Waals surface area (Å²) in [6, 6.07) is 15.2. The Kier molecular flexibility index (Phi) is 7.10. The van der Waals surface area contributed by atoms with Crippen molar-refractivity contribution in [3.8, 4) is 11.5 Å². The molecule has 1 N–H and O–H groups in total. The van der Waals surface area contributed by atoms with E-state index in [1.165, 1.54) is 0 Å². The molecule has 1 unspecified atom stereocenters. The number of carbonyl (C=O) groups excluding carboxylic acids is 2. The molecule has 25 heavy (non-hydrogen) atoms. The van der Waals surface area contributed by atoms with Crippen LogP contribution in [-0.2, 0) is 9.53 Å². The van der Waals surface area contributed by atoms with E-state index < -0.39 is 18.2 Å². The molecule has 2 aromatic rings. The van der Waals surface area contributed by atoms with Crippen molar-refractivity contribution in [1.29, 1.82) is 0 Å². The van der Waals surface area contributed by atoms with Crippen LogP contribution in [0.1, 0.15) is 13.3 Å². The second-order valence-electron chi connectivity index (χ2n) is 4.96. The molecular weight excluding hydrogens is 346 g/mol. The van der Waals surface area contributed by atoms with Crippen molar-refractivity contribution in [3.05, 3.63) is 59.6 Å². The fourth-order valence-corrected chi connectivity index (χ4v) is 1.99. The number of para-hydroxylation sites is 1. The van der Waals surface area contributed by atoms with E-state index in [2.05, 4.69) is 5.32 Å². The summed E-state index contributed by atoms with van der Waals surface area (Å²) >= 11 is 5.80. The van der Waals surface area contributed by atoms with Gasteiger partial charge in [0, 0.05) is 5.02 Å². The van der Waals surface area contributed by atoms with E-state index in [1.807, 2.05) is 0 Å². The van der Waals surface area contributed by atoms with Gasteiger partial charge < -0.3 is 14.2 Å². The molecule has 132 valence electrons. The number of nitrogens with one attached hydrogen (secondary N) is 1. The van der Waals surface area contributed by atoms with Crippen molar-refractivity contribution in [2.75, 3.05) is 6.73 Å². The summed E-state index contributed by atoms with van der Waals surface area (Å²) < 4.78 is 15.6. The zero-order valence-corrected chi connectivity index (χ0v) is 14.4. The van der Waals surface area contributed by atoms with Crippen molar-refractivity contribution >= 4 is 23.7 Å². The molecule has 0 heterocycles. The lowest BCUT2D eigenvalue weighted by Crippen LogP contribution is -2.35. The van der Waals surface area contributed by atoms with E-state index >= 15 is 0 Å². The van der Waals surface area contributed by atoms with Crippen molar-refractivity contribution in [1.82, 2.24) is 5.32 Å². The summed E-state index contributed by atoms with van der Waals surface area (Å²) in [5.74, 6) is 0.311. The van der Waals surface area contributed by atoms with Gasteiger partial charge in [-0.15, -0.1) is 0 Å². The number of amides is 1. The van der Waals surface area contributed by atoms with Gasteiger partial charge in [-0.3, -0.25) is 5.32 Å². The maximum atomic E-state index is 12.0. The standard InChI is InChI=1S/C18H18ClNO5/c1-2-16(24-15-10-8-13(19)9-11-15)17(21)23-12-20-18(22)25-14-6-4-3-5-7-14/h3-11,16H,2,12H2,1H3,(H,20,22). The Morgan fingerprint density at radius 1 is 1.04 bits per heavy atom. The molecular formula is C18H18ClNO5. The third kappa shape index (κ3) is 6.35. The molecule has 0 fully saturated rings. The Hall–Kier alpha value is -2.73. The summed E-state index contributed by atoms with van der Waals surface area (Å²) in [6.45, 7) is 1.48. The first kappa shape index (κ1) is 18.6. The van der Waals surface area contributed by atoms with Gasteiger partial charge in [-0.25, -0.2) is 9.59 Å². The maximum Gasteiger partial charge on any atom is 0.415 e. The molecule has 2 rings (SSSR count). The first-order valence-corrected chi connectivity index (χ1v) is 8.06. The largest absolute Gasteiger partial charge is 0.479 e. The van der Waals surface area contributed by atoms with Crippen LogP contribution in [0.4, 0.5) is 4.79 Å². The van der Waals surface area contributed by atoms with Crippen LogP contribution < -0.4 is 14.8 Å². The van der Waals surface area contributed by atoms with Gasteiger partial charge in [0.2, 0.25) is 0 Å². The topological polar surface area (TPSA) is 73.9 Å². The normalized spacial score (nSPS) is 11.3. The Balaban J connectivity index is 1.75. The molecule has 0 saturated heterocycles. The van der Waals surface area contributed by atoms with Gasteiger partial charge in [0.15, 0.2) is 12.8 Å². The van der Waals surface area contributed by atoms with Gasteiger partial charge in [0.05, 0.1) is 0 Å². The van der Waals surface area contributed by atoms with Crippen LogP contribution in [0.5, 0.6) is 11.5 Å². The second kappa shape index (κ2) is 9.54. The van der Waals surface area contributed by atoms with Gasteiger partial charge in [0.25, 0.3) is 0 Å². The zero-order chi connectivity index (χ0) is 18.1. The first-order valence-electron chi connectivity index (χ1n) is 7.68. The zero-order valence-electron chi connectivity index (χ0n) is 13.6. The highest BCUT2D eigenvalue weighted by Gasteiger charge is 2.20. The van der Waals surface area contributed by atoms with Gasteiger partial charge in [-0.05, 0) is 42.8 Å². The molecule has 6 nitrogen and oxygen atoms in total. The Morgan fingerprint density at radius 3 is 2.36 bits per heavy atom. The number of benzene rings is 2. The molecule has 0 spiro atoms. The fourth-order valence-electron chi connectivity index (χ4n) is 1.87. The average molecular weight is 364 g/mol. The summed E-state index contributed by atoms with van der Waals surface area (Å²) in [7, 11) is 0. The molecule has 0 bridgehead atoms. The Labute approximate surface area is 150 Å². The molecule has 0 aromatic heterocycles. The number of carbonyl (C=O) groups is 2. The predicted molar refractivity (Wildman–Crippen MR) is 92.7 cm³/mol. The van der Waals surface area contributed by atoms with Crippen molar-refractivity contribution in [2.45, 2.75) is 19.4 Å². The molecule has 2 aromatic carbocycles. The highest BCUT2D eigenvalue weighted by atomic mass is 35.5. The smallest absolute Gasteiger partial charge is 0.415 e. The molecule has 0 saturated carbocycles. The van der Waals surface area contributed by atoms with Crippen LogP contribution in [0.15, 0.2) is 54.6 Å². The SMILES string of the molecule is CCC(Oc1ccc(Cl)cc1)C(=O)OCNC(=O)Oc1ccccc1. The van der Waals surface area contributed by atoms with E-state index in [4.69, 9.17) is 25.8 Å². The van der Waals surface area contributed by atoms with Crippen molar-refractivity contribution in [2.24, 2.45) is 0 Å². The third-order valence-electron chi connectivity index (χ3n) is 3.11. The minimum Gasteiger partial charge on any atom is -0.479 e. The second-order valence-corrected chi connectivity index (χ2v) is 5.39. The Morgan fingerprint density at radius 2 is 1.72 bits per heavy atom. The number of esters is 1. The number of hydrogen-bond acceptors (Lipinski definition) is 5. The summed E-state index contributed by atoms with van der Waals surface area (Å²) in [5, 5.41) is 2.91. The maximum absolute atomic E-state index is 12.0. The monoisotopic (exact) mass is 363 g/mol. The van der Waals surface area contributed by atoms with Crippen LogP contribution >= 0.6 is 11.6 Å². The molecule has 0 radical (unpaired) electrons. The van der Waals surface area contributed by atoms with E-state index in [0.29, 0.717) is 22.9 Å². The minimum absolute atomic E-state index is 0.315. The van der Waals surface area contributed by atoms with Crippen LogP contribution in [0.25, 0.3) is 0 Å². The number of hydrogen-bond donors (Lipinski definition) is 1. The quantitative estimate of drug-likeness (QED) is 0.598. The molecule has 1 amide bonds. The fraction of sp³-hybridized carbons (Fsp3) is 0.222. The number of ether oxygens (including phenoxy) is 3. The molecule has 0 aliphatic carbocycles. The van der Waals surface area contributed by atoms with Crippen LogP contribution in [0.3, 0.4) is 0 Å². The van der Waals surface area contributed by atoms with E-state index in [-0.39, 0.29) is 6.73 Å². The van der Waals surface area contributed by atoms with Gasteiger partial charge in [-0.2, -0.15) is 0 Å². The summed E-state index contributed by atoms with van der Waals surface area (Å²) in [4.78, 5) is 23.6. The lowest BCUT2D eigenvalue weighted by Gasteiger charge is -2.16. The third-order valence-corrected chi connectivity index (χ3v) is 3.36. The van der Waals surface area contributed by atoms with Gasteiger partial charge >= 0.3 is 12.1 Å². The van der Waals surface area contributed by atoms with E-state index in [1.54, 1.807) is 61.5 Å². The lowest BCUT2D eigenvalue weighted by atomic mass is 10.2. The number of rotatable bonds is 7. The highest BCUT2D eigenvalue weighted by molar-refractivity contribution is 6.30. The van der Waals surface area contributed by atoms with Crippen LogP contribution in [0, 0.1) is 0 Å². The minimum atomic E-state index is -0.784. The van der Waals surface area contributed by atoms with Gasteiger partial charge in [0.1, 0.15) is 11.5 Å². The highest BCUT2D eigenvalue weighted by Crippen LogP contribution is 2.18. The van der Waals surface area contributed by atoms with Gasteiger partial charge in [-0.1, -0.05) is 36.7 Å². The average Bonchev–Trinajstić information content (AvgIpc) is 2.62. The summed E-state index contributed by atoms with van der Waals surface area (Å²) in [5.41, 5.74) is 0. The molecule has 7 heteroatoms. The lowest BCUT2D eigenvalue weighted by molar-refractivity contribution is -0.152. The van der Waals surface area contributed by atoms with E-state index in [9.17, 15) is 9.59 Å². The number of halogens is 1. The molecule has 1 atom stereocenters.